The number of aromatic nitrogens is 2. The van der Waals surface area contributed by atoms with Crippen molar-refractivity contribution in [2.24, 2.45) is 0 Å². The van der Waals surface area contributed by atoms with Crippen LogP contribution in [0, 0.1) is 0 Å². The highest BCUT2D eigenvalue weighted by Gasteiger charge is 2.48. The number of carbonyl (C=O) groups excluding carboxylic acids is 3. The molecule has 0 radical (unpaired) electrons. The van der Waals surface area contributed by atoms with Crippen LogP contribution in [0.1, 0.15) is 66.1 Å². The van der Waals surface area contributed by atoms with Gasteiger partial charge in [-0.15, -0.1) is 0 Å². The average Bonchev–Trinajstić information content (AvgIpc) is 3.42. The van der Waals surface area contributed by atoms with Crippen molar-refractivity contribution in [2.45, 2.75) is 64.2 Å². The van der Waals surface area contributed by atoms with E-state index in [9.17, 15) is 14.4 Å². The van der Waals surface area contributed by atoms with Crippen LogP contribution < -0.4 is 5.32 Å². The molecule has 1 aromatic heterocycles. The van der Waals surface area contributed by atoms with Gasteiger partial charge >= 0.3 is 5.97 Å². The molecule has 2 aromatic rings. The average molecular weight is 459 g/mol. The Balaban J connectivity index is 1.69. The summed E-state index contributed by atoms with van der Waals surface area (Å²) >= 11 is 6.01. The summed E-state index contributed by atoms with van der Waals surface area (Å²) < 4.78 is 6.48. The van der Waals surface area contributed by atoms with E-state index in [-0.39, 0.29) is 48.9 Å². The highest BCUT2D eigenvalue weighted by atomic mass is 35.5. The fourth-order valence-corrected chi connectivity index (χ4v) is 4.50. The van der Waals surface area contributed by atoms with Gasteiger partial charge in [-0.05, 0) is 44.4 Å². The molecular weight excluding hydrogens is 432 g/mol. The molecule has 4 rings (SSSR count). The van der Waals surface area contributed by atoms with Crippen LogP contribution in [0.4, 0.5) is 0 Å². The number of hydrogen-bond acceptors (Lipinski definition) is 5. The zero-order valence-electron chi connectivity index (χ0n) is 18.3. The number of ether oxygens (including phenoxy) is 1. The van der Waals surface area contributed by atoms with Gasteiger partial charge < -0.3 is 15.0 Å². The van der Waals surface area contributed by atoms with Crippen molar-refractivity contribution in [2.75, 3.05) is 6.61 Å². The highest BCUT2D eigenvalue weighted by Crippen LogP contribution is 2.31. The van der Waals surface area contributed by atoms with Gasteiger partial charge in [0.1, 0.15) is 11.2 Å². The van der Waals surface area contributed by atoms with E-state index in [1.54, 1.807) is 30.9 Å². The fraction of sp³-hybridized carbons (Fsp3) is 0.478. The maximum atomic E-state index is 13.5. The maximum Gasteiger partial charge on any atom is 0.358 e. The summed E-state index contributed by atoms with van der Waals surface area (Å²) in [6.07, 6.45) is 4.04. The smallest absolute Gasteiger partial charge is 0.358 e. The molecule has 1 aliphatic heterocycles. The predicted octanol–water partition coefficient (Wildman–Crippen LogP) is 3.19. The van der Waals surface area contributed by atoms with Crippen molar-refractivity contribution >= 4 is 29.4 Å². The summed E-state index contributed by atoms with van der Waals surface area (Å²) in [5.74, 6) is -1.17. The first-order valence-corrected chi connectivity index (χ1v) is 11.3. The van der Waals surface area contributed by atoms with Crippen LogP contribution in [-0.2, 0) is 22.6 Å². The van der Waals surface area contributed by atoms with Crippen molar-refractivity contribution in [3.63, 3.8) is 0 Å². The normalized spacial score (nSPS) is 20.8. The number of nitrogens with zero attached hydrogens (tertiary/aromatic N) is 3. The van der Waals surface area contributed by atoms with Crippen molar-refractivity contribution in [1.82, 2.24) is 20.0 Å². The van der Waals surface area contributed by atoms with E-state index in [1.807, 2.05) is 12.1 Å². The minimum atomic E-state index is -1.18. The van der Waals surface area contributed by atoms with E-state index in [2.05, 4.69) is 10.4 Å². The molecule has 32 heavy (non-hydrogen) atoms. The summed E-state index contributed by atoms with van der Waals surface area (Å²) in [4.78, 5) is 40.8. The first-order chi connectivity index (χ1) is 15.3. The Labute approximate surface area is 191 Å². The van der Waals surface area contributed by atoms with E-state index in [1.165, 1.54) is 10.7 Å². The third kappa shape index (κ3) is 4.24. The van der Waals surface area contributed by atoms with E-state index in [0.29, 0.717) is 5.02 Å². The molecule has 0 saturated heterocycles. The standard InChI is InChI=1S/C23H27ClN4O4/c1-3-32-21(30)18-12-19-20(29)27(13-15-8-10-16(24)11-9-15)23(2,14-28(19)26-18)22(31)25-17-6-4-5-7-17/h8-12,17H,3-7,13-14H2,1-2H3,(H,25,31)/t23-/m0/s1. The van der Waals surface area contributed by atoms with Gasteiger partial charge in [0.15, 0.2) is 5.69 Å². The predicted molar refractivity (Wildman–Crippen MR) is 118 cm³/mol. The summed E-state index contributed by atoms with van der Waals surface area (Å²) in [6.45, 7) is 4.03. The summed E-state index contributed by atoms with van der Waals surface area (Å²) in [6, 6.07) is 8.72. The summed E-state index contributed by atoms with van der Waals surface area (Å²) in [7, 11) is 0. The maximum absolute atomic E-state index is 13.5. The molecule has 2 heterocycles. The molecule has 170 valence electrons. The first kappa shape index (κ1) is 22.3. The monoisotopic (exact) mass is 458 g/mol. The van der Waals surface area contributed by atoms with Gasteiger partial charge in [-0.3, -0.25) is 14.3 Å². The lowest BCUT2D eigenvalue weighted by Crippen LogP contribution is -2.64. The SMILES string of the molecule is CCOC(=O)c1cc2n(n1)C[C@@](C)(C(=O)NC1CCCC1)N(Cc1ccc(Cl)cc1)C2=O. The lowest BCUT2D eigenvalue weighted by Gasteiger charge is -2.43. The Bertz CT molecular complexity index is 1030. The Morgan fingerprint density at radius 1 is 1.25 bits per heavy atom. The van der Waals surface area contributed by atoms with Crippen LogP contribution in [0.5, 0.6) is 0 Å². The molecule has 8 nitrogen and oxygen atoms in total. The third-order valence-electron chi connectivity index (χ3n) is 6.22. The second-order valence-electron chi connectivity index (χ2n) is 8.54. The van der Waals surface area contributed by atoms with Crippen LogP contribution in [0.3, 0.4) is 0 Å². The van der Waals surface area contributed by atoms with Crippen molar-refractivity contribution in [3.8, 4) is 0 Å². The van der Waals surface area contributed by atoms with Crippen LogP contribution >= 0.6 is 11.6 Å². The lowest BCUT2D eigenvalue weighted by atomic mass is 9.93. The second kappa shape index (κ2) is 8.94. The number of rotatable bonds is 6. The number of hydrogen-bond donors (Lipinski definition) is 1. The summed E-state index contributed by atoms with van der Waals surface area (Å²) in [5.41, 5.74) is -0.0129. The number of fused-ring (bicyclic) bond motifs is 1. The minimum Gasteiger partial charge on any atom is -0.461 e. The van der Waals surface area contributed by atoms with Gasteiger partial charge in [0.25, 0.3) is 5.91 Å². The third-order valence-corrected chi connectivity index (χ3v) is 6.47. The second-order valence-corrected chi connectivity index (χ2v) is 8.98. The van der Waals surface area contributed by atoms with Gasteiger partial charge in [-0.1, -0.05) is 36.6 Å². The molecular formula is C23H27ClN4O4. The van der Waals surface area contributed by atoms with Crippen molar-refractivity contribution in [3.05, 3.63) is 52.3 Å². The number of esters is 1. The van der Waals surface area contributed by atoms with Crippen molar-refractivity contribution in [1.29, 1.82) is 0 Å². The molecule has 1 aromatic carbocycles. The van der Waals surface area contributed by atoms with Crippen LogP contribution in [0.15, 0.2) is 30.3 Å². The Morgan fingerprint density at radius 2 is 1.94 bits per heavy atom. The lowest BCUT2D eigenvalue weighted by molar-refractivity contribution is -0.134. The number of halogens is 1. The molecule has 1 saturated carbocycles. The van der Waals surface area contributed by atoms with Crippen molar-refractivity contribution < 1.29 is 19.1 Å². The molecule has 0 spiro atoms. The highest BCUT2D eigenvalue weighted by molar-refractivity contribution is 6.30. The first-order valence-electron chi connectivity index (χ1n) is 10.9. The van der Waals surface area contributed by atoms with E-state index in [4.69, 9.17) is 16.3 Å². The number of carbonyl (C=O) groups is 3. The molecule has 2 aliphatic rings. The zero-order chi connectivity index (χ0) is 22.9. The van der Waals surface area contributed by atoms with Crippen LogP contribution in [-0.4, -0.2) is 50.7 Å². The quantitative estimate of drug-likeness (QED) is 0.671. The van der Waals surface area contributed by atoms with Gasteiger partial charge in [-0.2, -0.15) is 5.10 Å². The van der Waals surface area contributed by atoms with Gasteiger partial charge in [0, 0.05) is 23.7 Å². The largest absolute Gasteiger partial charge is 0.461 e. The molecule has 0 unspecified atom stereocenters. The molecule has 9 heteroatoms. The number of amides is 2. The Hall–Kier alpha value is -2.87. The Kier molecular flexibility index (Phi) is 6.24. The molecule has 1 atom stereocenters. The van der Waals surface area contributed by atoms with Gasteiger partial charge in [0.05, 0.1) is 13.2 Å². The molecule has 2 amide bonds. The van der Waals surface area contributed by atoms with E-state index >= 15 is 0 Å². The number of nitrogens with one attached hydrogen (secondary N) is 1. The summed E-state index contributed by atoms with van der Waals surface area (Å²) in [5, 5.41) is 8.00. The van der Waals surface area contributed by atoms with Crippen LogP contribution in [0.2, 0.25) is 5.02 Å². The van der Waals surface area contributed by atoms with Gasteiger partial charge in [-0.25, -0.2) is 4.79 Å². The molecule has 1 N–H and O–H groups in total. The molecule has 1 fully saturated rings. The fourth-order valence-electron chi connectivity index (χ4n) is 4.38. The minimum absolute atomic E-state index is 0.0575. The van der Waals surface area contributed by atoms with Crippen LogP contribution in [0.25, 0.3) is 0 Å². The van der Waals surface area contributed by atoms with Gasteiger partial charge in [0.2, 0.25) is 5.91 Å². The molecule has 0 bridgehead atoms. The number of benzene rings is 1. The zero-order valence-corrected chi connectivity index (χ0v) is 19.0. The van der Waals surface area contributed by atoms with E-state index in [0.717, 1.165) is 31.2 Å². The Morgan fingerprint density at radius 3 is 2.59 bits per heavy atom. The topological polar surface area (TPSA) is 93.5 Å². The van der Waals surface area contributed by atoms with E-state index < -0.39 is 11.5 Å². The molecule has 1 aliphatic carbocycles.